The summed E-state index contributed by atoms with van der Waals surface area (Å²) in [7, 11) is 1.51. The number of nitrogens with zero attached hydrogens (tertiary/aromatic N) is 2. The fourth-order valence-corrected chi connectivity index (χ4v) is 3.59. The van der Waals surface area contributed by atoms with Crippen LogP contribution >= 0.6 is 0 Å². The standard InChI is InChI=1S/C27H22FN3O6/c1-3-4-19-11-18(12-24(35-2)26(19)36-16-17-5-7-21(28)8-6-17)15-29-30-27(32)25-14-20-13-22(31(33)34)9-10-23(20)37-25/h3,5-15H,1,4,16H2,2H3,(H,30,32)/b29-15+. The Bertz CT molecular complexity index is 1490. The molecule has 0 fully saturated rings. The zero-order chi connectivity index (χ0) is 26.4. The van der Waals surface area contributed by atoms with Crippen LogP contribution in [-0.2, 0) is 13.0 Å². The van der Waals surface area contributed by atoms with Gasteiger partial charge in [-0.05, 0) is 53.9 Å². The van der Waals surface area contributed by atoms with Gasteiger partial charge < -0.3 is 13.9 Å². The number of furan rings is 1. The van der Waals surface area contributed by atoms with Crippen molar-refractivity contribution in [2.45, 2.75) is 13.0 Å². The third kappa shape index (κ3) is 5.99. The largest absolute Gasteiger partial charge is 0.493 e. The van der Waals surface area contributed by atoms with Crippen LogP contribution in [0.2, 0.25) is 0 Å². The van der Waals surface area contributed by atoms with E-state index in [-0.39, 0.29) is 23.9 Å². The first-order valence-electron chi connectivity index (χ1n) is 11.1. The van der Waals surface area contributed by atoms with E-state index < -0.39 is 10.8 Å². The number of carbonyl (C=O) groups excluding carboxylic acids is 1. The van der Waals surface area contributed by atoms with Gasteiger partial charge in [0.2, 0.25) is 0 Å². The minimum Gasteiger partial charge on any atom is -0.493 e. The molecule has 1 aromatic heterocycles. The first-order chi connectivity index (χ1) is 17.9. The molecule has 0 bridgehead atoms. The zero-order valence-electron chi connectivity index (χ0n) is 19.8. The Morgan fingerprint density at radius 3 is 2.68 bits per heavy atom. The summed E-state index contributed by atoms with van der Waals surface area (Å²) in [6.45, 7) is 4.00. The van der Waals surface area contributed by atoms with Crippen molar-refractivity contribution in [3.63, 3.8) is 0 Å². The summed E-state index contributed by atoms with van der Waals surface area (Å²) < 4.78 is 30.1. The van der Waals surface area contributed by atoms with Crippen molar-refractivity contribution in [2.75, 3.05) is 7.11 Å². The van der Waals surface area contributed by atoms with Crippen molar-refractivity contribution in [3.8, 4) is 11.5 Å². The molecular weight excluding hydrogens is 481 g/mol. The Morgan fingerprint density at radius 2 is 1.97 bits per heavy atom. The number of fused-ring (bicyclic) bond motifs is 1. The third-order valence-corrected chi connectivity index (χ3v) is 5.35. The Kier molecular flexibility index (Phi) is 7.58. The molecule has 4 aromatic rings. The maximum atomic E-state index is 13.2. The van der Waals surface area contributed by atoms with E-state index in [1.165, 1.54) is 49.7 Å². The first kappa shape index (κ1) is 25.1. The van der Waals surface area contributed by atoms with Gasteiger partial charge in [-0.2, -0.15) is 5.10 Å². The smallest absolute Gasteiger partial charge is 0.307 e. The highest BCUT2D eigenvalue weighted by atomic mass is 19.1. The highest BCUT2D eigenvalue weighted by molar-refractivity contribution is 5.97. The number of hydrazone groups is 1. The topological polar surface area (TPSA) is 116 Å². The Labute approximate surface area is 211 Å². The van der Waals surface area contributed by atoms with Crippen LogP contribution in [0.1, 0.15) is 27.2 Å². The van der Waals surface area contributed by atoms with Crippen molar-refractivity contribution >= 4 is 28.8 Å². The van der Waals surface area contributed by atoms with Crippen molar-refractivity contribution in [1.29, 1.82) is 0 Å². The number of non-ortho nitro benzene ring substituents is 1. The number of nitrogens with one attached hydrogen (secondary N) is 1. The number of benzene rings is 3. The molecule has 0 atom stereocenters. The Morgan fingerprint density at radius 1 is 1.19 bits per heavy atom. The molecule has 0 saturated heterocycles. The lowest BCUT2D eigenvalue weighted by molar-refractivity contribution is -0.384. The number of nitro groups is 1. The number of carbonyl (C=O) groups is 1. The van der Waals surface area contributed by atoms with Crippen LogP contribution in [0.4, 0.5) is 10.1 Å². The van der Waals surface area contributed by atoms with Gasteiger partial charge in [0.05, 0.1) is 18.2 Å². The molecule has 4 rings (SSSR count). The molecule has 0 unspecified atom stereocenters. The van der Waals surface area contributed by atoms with Crippen molar-refractivity contribution < 1.29 is 28.0 Å². The molecule has 0 aliphatic carbocycles. The number of amides is 1. The summed E-state index contributed by atoms with van der Waals surface area (Å²) >= 11 is 0. The van der Waals surface area contributed by atoms with E-state index >= 15 is 0 Å². The van der Waals surface area contributed by atoms with E-state index in [1.54, 1.807) is 24.3 Å². The van der Waals surface area contributed by atoms with Crippen LogP contribution in [0, 0.1) is 15.9 Å². The number of halogens is 1. The van der Waals surface area contributed by atoms with Gasteiger partial charge in [-0.15, -0.1) is 6.58 Å². The highest BCUT2D eigenvalue weighted by Crippen LogP contribution is 2.34. The van der Waals surface area contributed by atoms with Gasteiger partial charge >= 0.3 is 5.91 Å². The minimum atomic E-state index is -0.618. The predicted octanol–water partition coefficient (Wildman–Crippen LogP) is 5.56. The molecule has 10 heteroatoms. The summed E-state index contributed by atoms with van der Waals surface area (Å²) in [6.07, 6.45) is 3.63. The summed E-state index contributed by atoms with van der Waals surface area (Å²) in [5, 5.41) is 15.4. The number of ether oxygens (including phenoxy) is 2. The lowest BCUT2D eigenvalue weighted by atomic mass is 10.1. The Balaban J connectivity index is 1.49. The lowest BCUT2D eigenvalue weighted by Crippen LogP contribution is -2.16. The molecule has 1 amide bonds. The predicted molar refractivity (Wildman–Crippen MR) is 136 cm³/mol. The van der Waals surface area contributed by atoms with Gasteiger partial charge in [0.25, 0.3) is 5.69 Å². The molecule has 37 heavy (non-hydrogen) atoms. The quantitative estimate of drug-likeness (QED) is 0.131. The molecule has 3 aromatic carbocycles. The molecule has 188 valence electrons. The van der Waals surface area contributed by atoms with E-state index in [9.17, 15) is 19.3 Å². The number of hydrogen-bond acceptors (Lipinski definition) is 7. The normalized spacial score (nSPS) is 11.0. The zero-order valence-corrected chi connectivity index (χ0v) is 19.8. The average Bonchev–Trinajstić information content (AvgIpc) is 3.32. The van der Waals surface area contributed by atoms with Gasteiger partial charge in [-0.25, -0.2) is 9.82 Å². The van der Waals surface area contributed by atoms with Gasteiger partial charge in [-0.1, -0.05) is 18.2 Å². The molecule has 0 aliphatic rings. The molecule has 0 spiro atoms. The van der Waals surface area contributed by atoms with Crippen LogP contribution < -0.4 is 14.9 Å². The molecule has 1 heterocycles. The van der Waals surface area contributed by atoms with Crippen molar-refractivity contribution in [2.24, 2.45) is 5.10 Å². The number of methoxy groups -OCH3 is 1. The summed E-state index contributed by atoms with van der Waals surface area (Å²) in [4.78, 5) is 22.9. The summed E-state index contributed by atoms with van der Waals surface area (Å²) in [5.74, 6) is -0.0131. The van der Waals surface area contributed by atoms with Gasteiger partial charge in [-0.3, -0.25) is 14.9 Å². The van der Waals surface area contributed by atoms with Crippen molar-refractivity contribution in [3.05, 3.63) is 112 Å². The molecule has 0 saturated carbocycles. The molecule has 0 aliphatic heterocycles. The van der Waals surface area contributed by atoms with Crippen LogP contribution in [0.3, 0.4) is 0 Å². The minimum absolute atomic E-state index is 0.0397. The second-order valence-electron chi connectivity index (χ2n) is 7.91. The number of rotatable bonds is 10. The molecule has 0 radical (unpaired) electrons. The highest BCUT2D eigenvalue weighted by Gasteiger charge is 2.15. The monoisotopic (exact) mass is 503 g/mol. The van der Waals surface area contributed by atoms with E-state index in [0.717, 1.165) is 11.1 Å². The van der Waals surface area contributed by atoms with E-state index in [4.69, 9.17) is 13.9 Å². The van der Waals surface area contributed by atoms with Gasteiger partial charge in [0.1, 0.15) is 18.0 Å². The summed E-state index contributed by atoms with van der Waals surface area (Å²) in [6, 6.07) is 15.0. The van der Waals surface area contributed by atoms with Crippen LogP contribution in [0.5, 0.6) is 11.5 Å². The van der Waals surface area contributed by atoms with E-state index in [1.807, 2.05) is 6.07 Å². The maximum absolute atomic E-state index is 13.2. The van der Waals surface area contributed by atoms with Gasteiger partial charge in [0.15, 0.2) is 17.3 Å². The summed E-state index contributed by atoms with van der Waals surface area (Å²) in [5.41, 5.74) is 4.82. The average molecular weight is 503 g/mol. The second-order valence-corrected chi connectivity index (χ2v) is 7.91. The lowest BCUT2D eigenvalue weighted by Gasteiger charge is -2.16. The van der Waals surface area contributed by atoms with E-state index in [2.05, 4.69) is 17.1 Å². The third-order valence-electron chi connectivity index (χ3n) is 5.35. The van der Waals surface area contributed by atoms with E-state index in [0.29, 0.717) is 34.5 Å². The number of nitro benzene ring substituents is 1. The molecule has 1 N–H and O–H groups in total. The number of hydrogen-bond donors (Lipinski definition) is 1. The SMILES string of the molecule is C=CCc1cc(/C=N/NC(=O)c2cc3cc([N+](=O)[O-])ccc3o2)cc(OC)c1OCc1ccc(F)cc1. The number of allylic oxidation sites excluding steroid dienone is 1. The van der Waals surface area contributed by atoms with Crippen molar-refractivity contribution in [1.82, 2.24) is 5.43 Å². The van der Waals surface area contributed by atoms with Gasteiger partial charge in [0, 0.05) is 23.1 Å². The maximum Gasteiger partial charge on any atom is 0.307 e. The van der Waals surface area contributed by atoms with Crippen LogP contribution in [0.15, 0.2) is 82.8 Å². The fourth-order valence-electron chi connectivity index (χ4n) is 3.59. The van der Waals surface area contributed by atoms with Crippen LogP contribution in [-0.4, -0.2) is 24.2 Å². The fraction of sp³-hybridized carbons (Fsp3) is 0.111. The molecular formula is C27H22FN3O6. The first-order valence-corrected chi connectivity index (χ1v) is 11.1. The molecule has 9 nitrogen and oxygen atoms in total. The second kappa shape index (κ2) is 11.2. The van der Waals surface area contributed by atoms with Crippen LogP contribution in [0.25, 0.3) is 11.0 Å². The Hall–Kier alpha value is -4.99.